The Hall–Kier alpha value is -3.47. The lowest BCUT2D eigenvalue weighted by atomic mass is 10.1. The van der Waals surface area contributed by atoms with Crippen molar-refractivity contribution >= 4 is 23.4 Å². The summed E-state index contributed by atoms with van der Waals surface area (Å²) in [5.74, 6) is -0.124. The van der Waals surface area contributed by atoms with Crippen molar-refractivity contribution in [3.8, 4) is 5.69 Å². The van der Waals surface area contributed by atoms with E-state index < -0.39 is 0 Å². The molecule has 0 saturated carbocycles. The van der Waals surface area contributed by atoms with Crippen molar-refractivity contribution in [2.75, 3.05) is 5.01 Å². The smallest absolute Gasteiger partial charge is 0.267 e. The molecule has 26 heavy (non-hydrogen) atoms. The standard InChI is InChI=1S/C21H18N4O/c1-15-17(14-24(22-15)18-9-5-3-6-10-18)13-20-16(2)23-25(21(20)26)19-11-7-4-8-12-19/h3-14H,1-2H3. The molecule has 0 fully saturated rings. The molecule has 5 nitrogen and oxygen atoms in total. The van der Waals surface area contributed by atoms with E-state index in [2.05, 4.69) is 10.2 Å². The van der Waals surface area contributed by atoms with E-state index in [1.54, 1.807) is 0 Å². The van der Waals surface area contributed by atoms with Crippen molar-refractivity contribution in [3.63, 3.8) is 0 Å². The maximum atomic E-state index is 12.8. The zero-order chi connectivity index (χ0) is 18.1. The van der Waals surface area contributed by atoms with E-state index in [0.717, 1.165) is 22.6 Å². The van der Waals surface area contributed by atoms with Crippen LogP contribution in [0.3, 0.4) is 0 Å². The zero-order valence-corrected chi connectivity index (χ0v) is 14.6. The number of amides is 1. The van der Waals surface area contributed by atoms with Gasteiger partial charge in [-0.25, -0.2) is 4.68 Å². The lowest BCUT2D eigenvalue weighted by Gasteiger charge is -2.10. The predicted molar refractivity (Wildman–Crippen MR) is 103 cm³/mol. The molecule has 0 radical (unpaired) electrons. The summed E-state index contributed by atoms with van der Waals surface area (Å²) in [7, 11) is 0. The number of rotatable bonds is 3. The van der Waals surface area contributed by atoms with Crippen molar-refractivity contribution in [3.05, 3.63) is 83.7 Å². The average molecular weight is 342 g/mol. The van der Waals surface area contributed by atoms with Crippen molar-refractivity contribution in [2.24, 2.45) is 5.10 Å². The Bertz CT molecular complexity index is 1020. The third-order valence-electron chi connectivity index (χ3n) is 4.32. The number of aromatic nitrogens is 2. The highest BCUT2D eigenvalue weighted by atomic mass is 16.2. The second-order valence-electron chi connectivity index (χ2n) is 6.15. The lowest BCUT2D eigenvalue weighted by Crippen LogP contribution is -2.21. The first-order valence-corrected chi connectivity index (χ1v) is 8.42. The molecule has 0 spiro atoms. The molecule has 0 saturated heterocycles. The molecule has 2 aromatic carbocycles. The lowest BCUT2D eigenvalue weighted by molar-refractivity contribution is -0.114. The molecule has 0 unspecified atom stereocenters. The summed E-state index contributed by atoms with van der Waals surface area (Å²) in [6.45, 7) is 3.79. The van der Waals surface area contributed by atoms with E-state index in [1.807, 2.05) is 91.5 Å². The normalized spacial score (nSPS) is 15.6. The van der Waals surface area contributed by atoms with E-state index in [0.29, 0.717) is 11.3 Å². The molecule has 0 aliphatic carbocycles. The van der Waals surface area contributed by atoms with Crippen LogP contribution >= 0.6 is 0 Å². The Morgan fingerprint density at radius 3 is 2.15 bits per heavy atom. The highest BCUT2D eigenvalue weighted by Gasteiger charge is 2.28. The molecule has 3 aromatic rings. The Balaban J connectivity index is 1.68. The largest absolute Gasteiger partial charge is 0.280 e. The van der Waals surface area contributed by atoms with Gasteiger partial charge in [0.2, 0.25) is 0 Å². The number of carbonyl (C=O) groups excluding carboxylic acids is 1. The molecular weight excluding hydrogens is 324 g/mol. The quantitative estimate of drug-likeness (QED) is 0.676. The van der Waals surface area contributed by atoms with Crippen LogP contribution in [0.4, 0.5) is 5.69 Å². The summed E-state index contributed by atoms with van der Waals surface area (Å²) < 4.78 is 1.82. The molecule has 0 bridgehead atoms. The molecule has 4 rings (SSSR count). The Morgan fingerprint density at radius 2 is 1.50 bits per heavy atom. The van der Waals surface area contributed by atoms with E-state index in [4.69, 9.17) is 0 Å². The van der Waals surface area contributed by atoms with Gasteiger partial charge in [0.15, 0.2) is 0 Å². The fourth-order valence-electron chi connectivity index (χ4n) is 2.91. The SMILES string of the molecule is CC1=NN(c2ccccc2)C(=O)C1=Cc1cn(-c2ccccc2)nc1C. The van der Waals surface area contributed by atoms with Gasteiger partial charge in [-0.2, -0.15) is 15.2 Å². The van der Waals surface area contributed by atoms with Gasteiger partial charge in [0.1, 0.15) is 0 Å². The van der Waals surface area contributed by atoms with Crippen LogP contribution in [0.1, 0.15) is 18.2 Å². The summed E-state index contributed by atoms with van der Waals surface area (Å²) in [4.78, 5) is 12.8. The molecule has 0 N–H and O–H groups in total. The molecule has 1 aliphatic heterocycles. The summed E-state index contributed by atoms with van der Waals surface area (Å²) in [6, 6.07) is 19.3. The number of nitrogens with zero attached hydrogens (tertiary/aromatic N) is 4. The molecule has 5 heteroatoms. The molecule has 1 aliphatic rings. The highest BCUT2D eigenvalue weighted by molar-refractivity contribution is 6.32. The number of hydrazone groups is 1. The van der Waals surface area contributed by atoms with Gasteiger partial charge in [0, 0.05) is 11.8 Å². The number of anilines is 1. The van der Waals surface area contributed by atoms with Gasteiger partial charge in [-0.15, -0.1) is 0 Å². The minimum atomic E-state index is -0.124. The van der Waals surface area contributed by atoms with E-state index in [1.165, 1.54) is 5.01 Å². The van der Waals surface area contributed by atoms with Crippen molar-refractivity contribution < 1.29 is 4.79 Å². The molecule has 1 aromatic heterocycles. The molecule has 128 valence electrons. The highest BCUT2D eigenvalue weighted by Crippen LogP contribution is 2.25. The third-order valence-corrected chi connectivity index (χ3v) is 4.32. The number of hydrogen-bond donors (Lipinski definition) is 0. The Labute approximate surface area is 151 Å². The van der Waals surface area contributed by atoms with Crippen LogP contribution in [-0.2, 0) is 4.79 Å². The van der Waals surface area contributed by atoms with Crippen LogP contribution in [-0.4, -0.2) is 21.4 Å². The molecule has 2 heterocycles. The van der Waals surface area contributed by atoms with Gasteiger partial charge in [-0.3, -0.25) is 4.79 Å². The van der Waals surface area contributed by atoms with Crippen molar-refractivity contribution in [1.29, 1.82) is 0 Å². The average Bonchev–Trinajstić information content (AvgIpc) is 3.18. The fourth-order valence-corrected chi connectivity index (χ4v) is 2.91. The predicted octanol–water partition coefficient (Wildman–Crippen LogP) is 3.99. The summed E-state index contributed by atoms with van der Waals surface area (Å²) in [6.07, 6.45) is 3.80. The number of aryl methyl sites for hydroxylation is 1. The van der Waals surface area contributed by atoms with Crippen LogP contribution in [0.25, 0.3) is 11.8 Å². The summed E-state index contributed by atoms with van der Waals surface area (Å²) >= 11 is 0. The number of para-hydroxylation sites is 2. The maximum absolute atomic E-state index is 12.8. The molecule has 0 atom stereocenters. The minimum Gasteiger partial charge on any atom is -0.267 e. The van der Waals surface area contributed by atoms with E-state index >= 15 is 0 Å². The van der Waals surface area contributed by atoms with Crippen LogP contribution < -0.4 is 5.01 Å². The van der Waals surface area contributed by atoms with Gasteiger partial charge >= 0.3 is 0 Å². The summed E-state index contributed by atoms with van der Waals surface area (Å²) in [5.41, 5.74) is 4.79. The number of carbonyl (C=O) groups is 1. The fraction of sp³-hybridized carbons (Fsp3) is 0.0952. The third kappa shape index (κ3) is 2.84. The summed E-state index contributed by atoms with van der Waals surface area (Å²) in [5, 5.41) is 10.4. The Morgan fingerprint density at radius 1 is 0.885 bits per heavy atom. The molecule has 1 amide bonds. The number of benzene rings is 2. The zero-order valence-electron chi connectivity index (χ0n) is 14.6. The van der Waals surface area contributed by atoms with E-state index in [-0.39, 0.29) is 5.91 Å². The van der Waals surface area contributed by atoms with Gasteiger partial charge in [0.05, 0.1) is 28.4 Å². The second-order valence-corrected chi connectivity index (χ2v) is 6.15. The molecular formula is C21H18N4O. The first kappa shape index (κ1) is 16.0. The first-order valence-electron chi connectivity index (χ1n) is 8.42. The van der Waals surface area contributed by atoms with Gasteiger partial charge in [0.25, 0.3) is 5.91 Å². The van der Waals surface area contributed by atoms with Crippen molar-refractivity contribution in [1.82, 2.24) is 9.78 Å². The number of hydrogen-bond acceptors (Lipinski definition) is 3. The van der Waals surface area contributed by atoms with Crippen LogP contribution in [0.2, 0.25) is 0 Å². The van der Waals surface area contributed by atoms with Crippen LogP contribution in [0.15, 0.2) is 77.5 Å². The topological polar surface area (TPSA) is 50.5 Å². The van der Waals surface area contributed by atoms with Crippen LogP contribution in [0, 0.1) is 6.92 Å². The van der Waals surface area contributed by atoms with Gasteiger partial charge in [-0.1, -0.05) is 36.4 Å². The van der Waals surface area contributed by atoms with E-state index in [9.17, 15) is 4.79 Å². The van der Waals surface area contributed by atoms with Gasteiger partial charge < -0.3 is 0 Å². The minimum absolute atomic E-state index is 0.124. The van der Waals surface area contributed by atoms with Crippen LogP contribution in [0.5, 0.6) is 0 Å². The second kappa shape index (κ2) is 6.44. The van der Waals surface area contributed by atoms with Gasteiger partial charge in [-0.05, 0) is 44.2 Å². The monoisotopic (exact) mass is 342 g/mol. The van der Waals surface area contributed by atoms with Crippen molar-refractivity contribution in [2.45, 2.75) is 13.8 Å². The first-order chi connectivity index (χ1) is 12.6. The Kier molecular flexibility index (Phi) is 3.97. The maximum Gasteiger partial charge on any atom is 0.280 e.